The van der Waals surface area contributed by atoms with Crippen molar-refractivity contribution in [2.75, 3.05) is 22.5 Å². The van der Waals surface area contributed by atoms with Gasteiger partial charge in [-0.25, -0.2) is 8.42 Å². The SMILES string of the molecule is CCCCc1ccc(NC(=O)CN2C(=O)CCS(=O)(=O)c3ccccc32)cc1. The molecule has 0 aromatic heterocycles. The van der Waals surface area contributed by atoms with E-state index in [1.165, 1.54) is 16.5 Å². The maximum Gasteiger partial charge on any atom is 0.244 e. The van der Waals surface area contributed by atoms with Gasteiger partial charge >= 0.3 is 0 Å². The van der Waals surface area contributed by atoms with Crippen molar-refractivity contribution in [3.63, 3.8) is 0 Å². The van der Waals surface area contributed by atoms with Crippen LogP contribution in [0.15, 0.2) is 53.4 Å². The van der Waals surface area contributed by atoms with Crippen molar-refractivity contribution in [1.82, 2.24) is 0 Å². The number of anilines is 2. The fourth-order valence-corrected chi connectivity index (χ4v) is 4.64. The lowest BCUT2D eigenvalue weighted by Gasteiger charge is -2.21. The van der Waals surface area contributed by atoms with E-state index >= 15 is 0 Å². The van der Waals surface area contributed by atoms with Crippen LogP contribution in [0.4, 0.5) is 11.4 Å². The smallest absolute Gasteiger partial charge is 0.244 e. The van der Waals surface area contributed by atoms with Crippen LogP contribution in [0.1, 0.15) is 31.7 Å². The van der Waals surface area contributed by atoms with Crippen LogP contribution in [-0.4, -0.2) is 32.5 Å². The second kappa shape index (κ2) is 8.56. The van der Waals surface area contributed by atoms with E-state index in [2.05, 4.69) is 12.2 Å². The fourth-order valence-electron chi connectivity index (χ4n) is 3.20. The molecule has 0 radical (unpaired) electrons. The van der Waals surface area contributed by atoms with E-state index in [1.807, 2.05) is 24.3 Å². The number of carbonyl (C=O) groups is 2. The molecule has 0 aliphatic carbocycles. The van der Waals surface area contributed by atoms with Crippen molar-refractivity contribution in [3.05, 3.63) is 54.1 Å². The van der Waals surface area contributed by atoms with Crippen molar-refractivity contribution >= 4 is 33.0 Å². The molecule has 0 saturated carbocycles. The van der Waals surface area contributed by atoms with Gasteiger partial charge in [0, 0.05) is 12.1 Å². The highest BCUT2D eigenvalue weighted by Gasteiger charge is 2.31. The van der Waals surface area contributed by atoms with E-state index in [9.17, 15) is 18.0 Å². The molecule has 0 bridgehead atoms. The minimum Gasteiger partial charge on any atom is -0.325 e. The van der Waals surface area contributed by atoms with Gasteiger partial charge in [0.15, 0.2) is 9.84 Å². The summed E-state index contributed by atoms with van der Waals surface area (Å²) in [5.74, 6) is -0.998. The molecule has 7 heteroatoms. The minimum atomic E-state index is -3.55. The summed E-state index contributed by atoms with van der Waals surface area (Å²) in [6, 6.07) is 13.9. The zero-order valence-corrected chi connectivity index (χ0v) is 16.7. The summed E-state index contributed by atoms with van der Waals surface area (Å²) in [5, 5.41) is 2.78. The molecule has 3 rings (SSSR count). The van der Waals surface area contributed by atoms with Gasteiger partial charge in [-0.3, -0.25) is 9.59 Å². The first kappa shape index (κ1) is 20.1. The largest absolute Gasteiger partial charge is 0.325 e. The van der Waals surface area contributed by atoms with E-state index in [4.69, 9.17) is 0 Å². The van der Waals surface area contributed by atoms with Crippen LogP contribution in [-0.2, 0) is 25.8 Å². The van der Waals surface area contributed by atoms with Crippen LogP contribution in [0.25, 0.3) is 0 Å². The predicted octanol–water partition coefficient (Wildman–Crippen LogP) is 3.18. The Morgan fingerprint density at radius 3 is 2.54 bits per heavy atom. The Morgan fingerprint density at radius 2 is 1.82 bits per heavy atom. The quantitative estimate of drug-likeness (QED) is 0.807. The maximum absolute atomic E-state index is 12.5. The Balaban J connectivity index is 1.75. The Labute approximate surface area is 165 Å². The summed E-state index contributed by atoms with van der Waals surface area (Å²) in [6.45, 7) is 1.91. The van der Waals surface area contributed by atoms with Gasteiger partial charge in [-0.15, -0.1) is 0 Å². The second-order valence-electron chi connectivity index (χ2n) is 6.87. The van der Waals surface area contributed by atoms with Crippen molar-refractivity contribution in [2.45, 2.75) is 37.5 Å². The van der Waals surface area contributed by atoms with Gasteiger partial charge in [-0.2, -0.15) is 0 Å². The lowest BCUT2D eigenvalue weighted by molar-refractivity contribution is -0.121. The number of hydrogen-bond acceptors (Lipinski definition) is 4. The summed E-state index contributed by atoms with van der Waals surface area (Å²) in [7, 11) is -3.55. The normalized spacial score (nSPS) is 15.6. The molecule has 0 saturated heterocycles. The van der Waals surface area contributed by atoms with Gasteiger partial charge in [-0.1, -0.05) is 37.6 Å². The number of benzene rings is 2. The third kappa shape index (κ3) is 4.59. The van der Waals surface area contributed by atoms with Gasteiger partial charge in [0.25, 0.3) is 0 Å². The number of rotatable bonds is 6. The highest BCUT2D eigenvalue weighted by molar-refractivity contribution is 7.91. The first-order chi connectivity index (χ1) is 13.4. The molecule has 2 aromatic rings. The summed E-state index contributed by atoms with van der Waals surface area (Å²) in [6.07, 6.45) is 3.10. The molecule has 2 amide bonds. The molecule has 6 nitrogen and oxygen atoms in total. The van der Waals surface area contributed by atoms with Crippen LogP contribution in [0.5, 0.6) is 0 Å². The monoisotopic (exact) mass is 400 g/mol. The lowest BCUT2D eigenvalue weighted by Crippen LogP contribution is -2.37. The molecule has 0 atom stereocenters. The number of nitrogens with one attached hydrogen (secondary N) is 1. The standard InChI is InChI=1S/C21H24N2O4S/c1-2-3-6-16-9-11-17(12-10-16)22-20(24)15-23-18-7-4-5-8-19(18)28(26,27)14-13-21(23)25/h4-5,7-12H,2-3,6,13-15H2,1H3,(H,22,24). The number of aryl methyl sites for hydroxylation is 1. The van der Waals surface area contributed by atoms with E-state index < -0.39 is 9.84 Å². The number of amides is 2. The Bertz CT molecular complexity index is 968. The highest BCUT2D eigenvalue weighted by atomic mass is 32.2. The summed E-state index contributed by atoms with van der Waals surface area (Å²) < 4.78 is 24.8. The first-order valence-electron chi connectivity index (χ1n) is 9.41. The zero-order chi connectivity index (χ0) is 20.1. The van der Waals surface area contributed by atoms with E-state index in [0.717, 1.165) is 19.3 Å². The van der Waals surface area contributed by atoms with Crippen LogP contribution in [0.2, 0.25) is 0 Å². The van der Waals surface area contributed by atoms with Gasteiger partial charge < -0.3 is 10.2 Å². The number of nitrogens with zero attached hydrogens (tertiary/aromatic N) is 1. The molecule has 2 aromatic carbocycles. The van der Waals surface area contributed by atoms with Gasteiger partial charge in [-0.05, 0) is 42.7 Å². The number of fused-ring (bicyclic) bond motifs is 1. The second-order valence-corrected chi connectivity index (χ2v) is 8.94. The van der Waals surface area contributed by atoms with Crippen molar-refractivity contribution < 1.29 is 18.0 Å². The molecular formula is C21H24N2O4S. The average Bonchev–Trinajstić information content (AvgIpc) is 2.78. The maximum atomic E-state index is 12.5. The molecule has 1 aliphatic rings. The van der Waals surface area contributed by atoms with Gasteiger partial charge in [0.2, 0.25) is 11.8 Å². The van der Waals surface area contributed by atoms with E-state index in [0.29, 0.717) is 5.69 Å². The number of sulfone groups is 1. The molecule has 0 fully saturated rings. The molecular weight excluding hydrogens is 376 g/mol. The van der Waals surface area contributed by atoms with Gasteiger partial charge in [0.1, 0.15) is 6.54 Å². The molecule has 148 valence electrons. The van der Waals surface area contributed by atoms with Crippen molar-refractivity contribution in [3.8, 4) is 0 Å². The van der Waals surface area contributed by atoms with Crippen LogP contribution in [0, 0.1) is 0 Å². The number of carbonyl (C=O) groups excluding carboxylic acids is 2. The number of unbranched alkanes of at least 4 members (excludes halogenated alkanes) is 1. The molecule has 28 heavy (non-hydrogen) atoms. The van der Waals surface area contributed by atoms with E-state index in [-0.39, 0.29) is 41.1 Å². The number of para-hydroxylation sites is 1. The van der Waals surface area contributed by atoms with Crippen LogP contribution in [0.3, 0.4) is 0 Å². The van der Waals surface area contributed by atoms with Crippen LogP contribution >= 0.6 is 0 Å². The highest BCUT2D eigenvalue weighted by Crippen LogP contribution is 2.30. The Morgan fingerprint density at radius 1 is 1.11 bits per heavy atom. The minimum absolute atomic E-state index is 0.0916. The van der Waals surface area contributed by atoms with E-state index in [1.54, 1.807) is 18.2 Å². The van der Waals surface area contributed by atoms with Crippen LogP contribution < -0.4 is 10.2 Å². The summed E-state index contributed by atoms with van der Waals surface area (Å²) in [5.41, 5.74) is 2.12. The third-order valence-corrected chi connectivity index (χ3v) is 6.49. The Kier molecular flexibility index (Phi) is 6.14. The average molecular weight is 401 g/mol. The molecule has 0 unspecified atom stereocenters. The summed E-state index contributed by atoms with van der Waals surface area (Å²) in [4.78, 5) is 26.3. The molecule has 1 N–H and O–H groups in total. The third-order valence-electron chi connectivity index (χ3n) is 4.74. The lowest BCUT2D eigenvalue weighted by atomic mass is 10.1. The molecule has 1 heterocycles. The summed E-state index contributed by atoms with van der Waals surface area (Å²) >= 11 is 0. The van der Waals surface area contributed by atoms with Gasteiger partial charge in [0.05, 0.1) is 16.3 Å². The number of hydrogen-bond donors (Lipinski definition) is 1. The topological polar surface area (TPSA) is 83.6 Å². The molecule has 1 aliphatic heterocycles. The molecule has 0 spiro atoms. The zero-order valence-electron chi connectivity index (χ0n) is 15.8. The predicted molar refractivity (Wildman–Crippen MR) is 109 cm³/mol. The fraction of sp³-hybridized carbons (Fsp3) is 0.333. The van der Waals surface area contributed by atoms with Crippen molar-refractivity contribution in [1.29, 1.82) is 0 Å². The first-order valence-corrected chi connectivity index (χ1v) is 11.1. The Hall–Kier alpha value is -2.67. The van der Waals surface area contributed by atoms with Crippen molar-refractivity contribution in [2.24, 2.45) is 0 Å².